The number of fused-ring (bicyclic) bond motifs is 1. The van der Waals surface area contributed by atoms with E-state index in [4.69, 9.17) is 5.11 Å². The predicted molar refractivity (Wildman–Crippen MR) is 65.4 cm³/mol. The van der Waals surface area contributed by atoms with Gasteiger partial charge in [0, 0.05) is 25.4 Å². The SMILES string of the molecule is CC(=O)N(C)CCC1=C(C(=O)O)N2C(=O)C[C@H]2S1. The Morgan fingerprint density at radius 1 is 1.56 bits per heavy atom. The predicted octanol–water partition coefficient (Wildman–Crippen LogP) is 0.456. The second-order valence-electron chi connectivity index (χ2n) is 4.31. The fourth-order valence-corrected chi connectivity index (χ4v) is 3.32. The minimum absolute atomic E-state index is 0.0544. The van der Waals surface area contributed by atoms with Crippen molar-refractivity contribution in [1.29, 1.82) is 0 Å². The summed E-state index contributed by atoms with van der Waals surface area (Å²) in [7, 11) is 1.67. The van der Waals surface area contributed by atoms with Gasteiger partial charge in [-0.2, -0.15) is 0 Å². The second-order valence-corrected chi connectivity index (χ2v) is 5.58. The number of thioether (sulfide) groups is 1. The van der Waals surface area contributed by atoms with E-state index in [0.717, 1.165) is 0 Å². The Balaban J connectivity index is 2.09. The molecular weight excluding hydrogens is 256 g/mol. The summed E-state index contributed by atoms with van der Waals surface area (Å²) in [6.45, 7) is 1.92. The van der Waals surface area contributed by atoms with Gasteiger partial charge < -0.3 is 10.0 Å². The molecule has 0 radical (unpaired) electrons. The molecule has 2 rings (SSSR count). The summed E-state index contributed by atoms with van der Waals surface area (Å²) in [6.07, 6.45) is 0.871. The molecule has 1 saturated heterocycles. The molecule has 1 atom stereocenters. The number of aliphatic carboxylic acids is 1. The van der Waals surface area contributed by atoms with Gasteiger partial charge in [0.2, 0.25) is 11.8 Å². The monoisotopic (exact) mass is 270 g/mol. The highest BCUT2D eigenvalue weighted by Gasteiger charge is 2.48. The first-order chi connectivity index (χ1) is 8.41. The number of carbonyl (C=O) groups is 3. The van der Waals surface area contributed by atoms with Gasteiger partial charge in [-0.1, -0.05) is 0 Å². The third-order valence-corrected chi connectivity index (χ3v) is 4.44. The van der Waals surface area contributed by atoms with Crippen molar-refractivity contribution in [2.75, 3.05) is 13.6 Å². The third-order valence-electron chi connectivity index (χ3n) is 3.10. The molecule has 2 aliphatic heterocycles. The van der Waals surface area contributed by atoms with Gasteiger partial charge in [0.15, 0.2) is 0 Å². The molecule has 0 bridgehead atoms. The van der Waals surface area contributed by atoms with Crippen molar-refractivity contribution in [2.45, 2.75) is 25.1 Å². The lowest BCUT2D eigenvalue weighted by Crippen LogP contribution is -2.48. The smallest absolute Gasteiger partial charge is 0.353 e. The fraction of sp³-hybridized carbons (Fsp3) is 0.545. The van der Waals surface area contributed by atoms with Crippen LogP contribution in [0.25, 0.3) is 0 Å². The Morgan fingerprint density at radius 2 is 2.22 bits per heavy atom. The van der Waals surface area contributed by atoms with Crippen LogP contribution >= 0.6 is 11.8 Å². The standard InChI is InChI=1S/C11H14N2O4S/c1-6(14)12(2)4-3-7-10(11(16)17)13-8(15)5-9(13)18-7/h9H,3-5H2,1-2H3,(H,16,17)/t9-/m1/s1. The molecule has 98 valence electrons. The minimum atomic E-state index is -1.07. The van der Waals surface area contributed by atoms with E-state index in [2.05, 4.69) is 0 Å². The Kier molecular flexibility index (Phi) is 3.34. The van der Waals surface area contributed by atoms with E-state index in [-0.39, 0.29) is 22.9 Å². The van der Waals surface area contributed by atoms with Gasteiger partial charge in [-0.05, 0) is 6.42 Å². The van der Waals surface area contributed by atoms with Crippen molar-refractivity contribution >= 4 is 29.5 Å². The van der Waals surface area contributed by atoms with Crippen LogP contribution in [0.15, 0.2) is 10.6 Å². The van der Waals surface area contributed by atoms with Crippen molar-refractivity contribution in [1.82, 2.24) is 9.80 Å². The Hall–Kier alpha value is -1.50. The number of hydrogen-bond acceptors (Lipinski definition) is 4. The summed E-state index contributed by atoms with van der Waals surface area (Å²) in [5, 5.41) is 9.10. The largest absolute Gasteiger partial charge is 0.477 e. The van der Waals surface area contributed by atoms with E-state index < -0.39 is 5.97 Å². The second kappa shape index (κ2) is 4.64. The summed E-state index contributed by atoms with van der Waals surface area (Å²) in [5.41, 5.74) is 0.0956. The molecule has 0 spiro atoms. The number of carbonyl (C=O) groups excluding carboxylic acids is 2. The summed E-state index contributed by atoms with van der Waals surface area (Å²) in [6, 6.07) is 0. The molecule has 2 amide bonds. The summed E-state index contributed by atoms with van der Waals surface area (Å²) >= 11 is 1.42. The van der Waals surface area contributed by atoms with E-state index >= 15 is 0 Å². The molecule has 0 aromatic heterocycles. The molecule has 0 unspecified atom stereocenters. The highest BCUT2D eigenvalue weighted by molar-refractivity contribution is 8.04. The average molecular weight is 270 g/mol. The minimum Gasteiger partial charge on any atom is -0.477 e. The zero-order valence-corrected chi connectivity index (χ0v) is 11.0. The normalized spacial score (nSPS) is 21.8. The quantitative estimate of drug-likeness (QED) is 0.751. The lowest BCUT2D eigenvalue weighted by Gasteiger charge is -2.33. The molecule has 0 aliphatic carbocycles. The number of β-lactam (4-membered cyclic amide) rings is 1. The highest BCUT2D eigenvalue weighted by atomic mass is 32.2. The van der Waals surface area contributed by atoms with Crippen molar-refractivity contribution in [3.63, 3.8) is 0 Å². The van der Waals surface area contributed by atoms with Crippen LogP contribution in [-0.4, -0.2) is 51.7 Å². The van der Waals surface area contributed by atoms with Gasteiger partial charge in [0.1, 0.15) is 5.70 Å². The van der Waals surface area contributed by atoms with Gasteiger partial charge in [0.05, 0.1) is 11.8 Å². The molecule has 18 heavy (non-hydrogen) atoms. The van der Waals surface area contributed by atoms with Crippen LogP contribution in [0.1, 0.15) is 19.8 Å². The molecule has 1 fully saturated rings. The number of carboxylic acids is 1. The molecule has 2 aliphatic rings. The summed E-state index contributed by atoms with van der Waals surface area (Å²) in [4.78, 5) is 37.2. The fourth-order valence-electron chi connectivity index (χ4n) is 1.93. The van der Waals surface area contributed by atoms with E-state index in [1.807, 2.05) is 0 Å². The average Bonchev–Trinajstić information content (AvgIpc) is 2.58. The Morgan fingerprint density at radius 3 is 2.72 bits per heavy atom. The van der Waals surface area contributed by atoms with E-state index in [9.17, 15) is 14.4 Å². The van der Waals surface area contributed by atoms with Crippen LogP contribution in [-0.2, 0) is 14.4 Å². The number of hydrogen-bond donors (Lipinski definition) is 1. The molecule has 7 heteroatoms. The van der Waals surface area contributed by atoms with Gasteiger partial charge in [0.25, 0.3) is 0 Å². The van der Waals surface area contributed by atoms with Crippen molar-refractivity contribution in [3.05, 3.63) is 10.6 Å². The van der Waals surface area contributed by atoms with E-state index in [0.29, 0.717) is 24.3 Å². The van der Waals surface area contributed by atoms with Gasteiger partial charge in [-0.15, -0.1) is 11.8 Å². The van der Waals surface area contributed by atoms with Crippen molar-refractivity contribution in [3.8, 4) is 0 Å². The summed E-state index contributed by atoms with van der Waals surface area (Å²) in [5.74, 6) is -1.27. The lowest BCUT2D eigenvalue weighted by atomic mass is 10.1. The van der Waals surface area contributed by atoms with Crippen LogP contribution < -0.4 is 0 Å². The molecular formula is C11H14N2O4S. The Bertz CT molecular complexity index is 460. The Labute approximate surface area is 109 Å². The van der Waals surface area contributed by atoms with Gasteiger partial charge in [-0.3, -0.25) is 14.5 Å². The first kappa shape index (κ1) is 12.9. The van der Waals surface area contributed by atoms with Crippen LogP contribution in [0, 0.1) is 0 Å². The first-order valence-corrected chi connectivity index (χ1v) is 6.46. The van der Waals surface area contributed by atoms with Crippen LogP contribution in [0.4, 0.5) is 0 Å². The molecule has 1 N–H and O–H groups in total. The van der Waals surface area contributed by atoms with Crippen LogP contribution in [0.3, 0.4) is 0 Å². The van der Waals surface area contributed by atoms with E-state index in [1.54, 1.807) is 7.05 Å². The molecule has 0 aromatic rings. The number of rotatable bonds is 4. The molecule has 2 heterocycles. The number of carboxylic acid groups (broad SMARTS) is 1. The zero-order chi connectivity index (χ0) is 13.4. The molecule has 0 saturated carbocycles. The summed E-state index contributed by atoms with van der Waals surface area (Å²) < 4.78 is 0. The zero-order valence-electron chi connectivity index (χ0n) is 10.2. The number of nitrogens with zero attached hydrogens (tertiary/aromatic N) is 2. The van der Waals surface area contributed by atoms with Crippen molar-refractivity contribution < 1.29 is 19.5 Å². The van der Waals surface area contributed by atoms with Crippen LogP contribution in [0.2, 0.25) is 0 Å². The van der Waals surface area contributed by atoms with Gasteiger partial charge >= 0.3 is 5.97 Å². The molecule has 0 aromatic carbocycles. The van der Waals surface area contributed by atoms with Gasteiger partial charge in [-0.25, -0.2) is 4.79 Å². The lowest BCUT2D eigenvalue weighted by molar-refractivity contribution is -0.145. The maximum atomic E-state index is 11.4. The number of amides is 2. The van der Waals surface area contributed by atoms with Crippen LogP contribution in [0.5, 0.6) is 0 Å². The third kappa shape index (κ3) is 2.10. The molecule has 6 nitrogen and oxygen atoms in total. The van der Waals surface area contributed by atoms with E-state index in [1.165, 1.54) is 28.5 Å². The highest BCUT2D eigenvalue weighted by Crippen LogP contribution is 2.47. The maximum Gasteiger partial charge on any atom is 0.353 e. The maximum absolute atomic E-state index is 11.4. The van der Waals surface area contributed by atoms with Crippen molar-refractivity contribution in [2.24, 2.45) is 0 Å². The first-order valence-electron chi connectivity index (χ1n) is 5.58. The topological polar surface area (TPSA) is 77.9 Å².